The van der Waals surface area contributed by atoms with Crippen LogP contribution in [0.25, 0.3) is 0 Å². The summed E-state index contributed by atoms with van der Waals surface area (Å²) < 4.78 is 12.7. The van der Waals surface area contributed by atoms with E-state index in [1.54, 1.807) is 18.6 Å². The molecule has 6 heteroatoms. The molecule has 0 fully saturated rings. The van der Waals surface area contributed by atoms with Crippen molar-refractivity contribution in [1.82, 2.24) is 9.88 Å². The van der Waals surface area contributed by atoms with Gasteiger partial charge in [-0.05, 0) is 50.5 Å². The summed E-state index contributed by atoms with van der Waals surface area (Å²) in [6.45, 7) is 7.11. The summed E-state index contributed by atoms with van der Waals surface area (Å²) >= 11 is 0. The monoisotopic (exact) mass is 370 g/mol. The lowest BCUT2D eigenvalue weighted by molar-refractivity contribution is 0.0936. The summed E-state index contributed by atoms with van der Waals surface area (Å²) in [5, 5.41) is 2.92. The topological polar surface area (TPSA) is 69.6 Å². The minimum atomic E-state index is -0.319. The maximum absolute atomic E-state index is 12.7. The molecule has 1 N–H and O–H groups in total. The molecule has 1 aliphatic rings. The van der Waals surface area contributed by atoms with Gasteiger partial charge in [-0.1, -0.05) is 6.07 Å². The molecule has 0 saturated carbocycles. The maximum Gasteiger partial charge on any atom is 0.263 e. The number of ether oxygens (including phenoxy) is 2. The first-order valence-electron chi connectivity index (χ1n) is 9.23. The van der Waals surface area contributed by atoms with Gasteiger partial charge < -0.3 is 19.4 Å². The predicted molar refractivity (Wildman–Crippen MR) is 104 cm³/mol. The van der Waals surface area contributed by atoms with Crippen molar-refractivity contribution in [2.45, 2.75) is 33.7 Å². The van der Waals surface area contributed by atoms with Crippen LogP contribution in [-0.4, -0.2) is 30.7 Å². The molecule has 2 heterocycles. The Hall–Kier alpha value is -2.76. The Kier molecular flexibility index (Phi) is 5.54. The lowest BCUT2D eigenvalue weighted by Crippen LogP contribution is -2.39. The largest absolute Gasteiger partial charge is 0.497 e. The van der Waals surface area contributed by atoms with Gasteiger partial charge in [0.2, 0.25) is 0 Å². The fourth-order valence-corrected chi connectivity index (χ4v) is 3.60. The number of carbonyl (C=O) groups is 1. The number of aromatic nitrogens is 1. The number of hydrogen-bond donors (Lipinski definition) is 1. The lowest BCUT2D eigenvalue weighted by atomic mass is 9.96. The summed E-state index contributed by atoms with van der Waals surface area (Å²) in [5.41, 5.74) is 2.66. The van der Waals surface area contributed by atoms with Crippen LogP contribution in [0.5, 0.6) is 11.5 Å². The van der Waals surface area contributed by atoms with E-state index in [4.69, 9.17) is 9.47 Å². The second kappa shape index (κ2) is 7.86. The third-order valence-electron chi connectivity index (χ3n) is 5.06. The van der Waals surface area contributed by atoms with E-state index in [0.29, 0.717) is 25.3 Å². The predicted octanol–water partition coefficient (Wildman–Crippen LogP) is 2.47. The number of methoxy groups -OCH3 is 1. The van der Waals surface area contributed by atoms with Crippen molar-refractivity contribution in [3.05, 3.63) is 57.0 Å². The molecule has 3 rings (SSSR count). The van der Waals surface area contributed by atoms with Gasteiger partial charge in [0.15, 0.2) is 0 Å². The zero-order chi connectivity index (χ0) is 19.6. The average Bonchev–Trinajstić information content (AvgIpc) is 2.65. The zero-order valence-electron chi connectivity index (χ0n) is 16.3. The second-order valence-corrected chi connectivity index (χ2v) is 6.96. The van der Waals surface area contributed by atoms with E-state index in [1.165, 1.54) is 0 Å². The van der Waals surface area contributed by atoms with Crippen molar-refractivity contribution in [1.29, 1.82) is 0 Å². The minimum absolute atomic E-state index is 0.161. The van der Waals surface area contributed by atoms with Gasteiger partial charge in [0.25, 0.3) is 11.5 Å². The van der Waals surface area contributed by atoms with E-state index in [2.05, 4.69) is 5.32 Å². The van der Waals surface area contributed by atoms with Crippen LogP contribution >= 0.6 is 0 Å². The highest BCUT2D eigenvalue weighted by Crippen LogP contribution is 2.30. The van der Waals surface area contributed by atoms with E-state index in [9.17, 15) is 9.59 Å². The summed E-state index contributed by atoms with van der Waals surface area (Å²) in [6.07, 6.45) is 0.811. The molecule has 144 valence electrons. The number of aryl methyl sites for hydroxylation is 2. The van der Waals surface area contributed by atoms with Gasteiger partial charge in [-0.3, -0.25) is 9.59 Å². The van der Waals surface area contributed by atoms with Gasteiger partial charge in [-0.15, -0.1) is 0 Å². The molecule has 0 unspecified atom stereocenters. The van der Waals surface area contributed by atoms with Gasteiger partial charge in [0, 0.05) is 30.8 Å². The summed E-state index contributed by atoms with van der Waals surface area (Å²) in [6, 6.07) is 7.67. The van der Waals surface area contributed by atoms with E-state index >= 15 is 0 Å². The fourth-order valence-electron chi connectivity index (χ4n) is 3.60. The molecule has 1 atom stereocenters. The Balaban J connectivity index is 1.69. The SMILES string of the molecule is CCn1c(C)cc(C)c(C(=O)NC[C@@H]2COc3cc(OC)ccc3C2)c1=O. The third kappa shape index (κ3) is 3.84. The van der Waals surface area contributed by atoms with Crippen LogP contribution in [0.4, 0.5) is 0 Å². The Morgan fingerprint density at radius 3 is 2.81 bits per heavy atom. The quantitative estimate of drug-likeness (QED) is 0.878. The Morgan fingerprint density at radius 1 is 1.33 bits per heavy atom. The van der Waals surface area contributed by atoms with Gasteiger partial charge in [-0.25, -0.2) is 0 Å². The Bertz CT molecular complexity index is 917. The van der Waals surface area contributed by atoms with Crippen molar-refractivity contribution >= 4 is 5.91 Å². The standard InChI is InChI=1S/C21H26N2O4/c1-5-23-14(3)8-13(2)19(21(23)25)20(24)22-11-15-9-16-6-7-17(26-4)10-18(16)27-12-15/h6-8,10,15H,5,9,11-12H2,1-4H3,(H,22,24)/t15-/m1/s1. The van der Waals surface area contributed by atoms with Crippen molar-refractivity contribution < 1.29 is 14.3 Å². The molecule has 6 nitrogen and oxygen atoms in total. The van der Waals surface area contributed by atoms with Crippen LogP contribution in [0, 0.1) is 19.8 Å². The number of nitrogens with one attached hydrogen (secondary N) is 1. The van der Waals surface area contributed by atoms with Crippen LogP contribution in [0.3, 0.4) is 0 Å². The van der Waals surface area contributed by atoms with Gasteiger partial charge in [-0.2, -0.15) is 0 Å². The fraction of sp³-hybridized carbons (Fsp3) is 0.429. The smallest absolute Gasteiger partial charge is 0.263 e. The molecule has 0 aliphatic carbocycles. The van der Waals surface area contributed by atoms with E-state index in [-0.39, 0.29) is 22.9 Å². The van der Waals surface area contributed by atoms with Gasteiger partial charge >= 0.3 is 0 Å². The van der Waals surface area contributed by atoms with Crippen LogP contribution in [0.1, 0.15) is 34.1 Å². The number of amides is 1. The number of hydrogen-bond acceptors (Lipinski definition) is 4. The molecule has 0 saturated heterocycles. The number of pyridine rings is 1. The molecule has 1 aromatic heterocycles. The van der Waals surface area contributed by atoms with E-state index < -0.39 is 0 Å². The highest BCUT2D eigenvalue weighted by atomic mass is 16.5. The molecule has 0 spiro atoms. The molecule has 27 heavy (non-hydrogen) atoms. The minimum Gasteiger partial charge on any atom is -0.497 e. The molecule has 0 bridgehead atoms. The normalized spacial score (nSPS) is 15.6. The number of nitrogens with zero attached hydrogens (tertiary/aromatic N) is 1. The van der Waals surface area contributed by atoms with E-state index in [1.807, 2.05) is 38.1 Å². The van der Waals surface area contributed by atoms with Crippen molar-refractivity contribution in [3.63, 3.8) is 0 Å². The van der Waals surface area contributed by atoms with Crippen molar-refractivity contribution in [2.24, 2.45) is 5.92 Å². The van der Waals surface area contributed by atoms with Crippen LogP contribution in [0.15, 0.2) is 29.1 Å². The maximum atomic E-state index is 12.7. The first kappa shape index (κ1) is 19.0. The first-order chi connectivity index (χ1) is 12.9. The lowest BCUT2D eigenvalue weighted by Gasteiger charge is -2.26. The number of rotatable bonds is 5. The summed E-state index contributed by atoms with van der Waals surface area (Å²) in [4.78, 5) is 25.3. The van der Waals surface area contributed by atoms with Gasteiger partial charge in [0.1, 0.15) is 17.1 Å². The zero-order valence-corrected chi connectivity index (χ0v) is 16.3. The van der Waals surface area contributed by atoms with Crippen molar-refractivity contribution in [2.75, 3.05) is 20.3 Å². The number of benzene rings is 1. The van der Waals surface area contributed by atoms with Crippen LogP contribution in [0.2, 0.25) is 0 Å². The second-order valence-electron chi connectivity index (χ2n) is 6.96. The average molecular weight is 370 g/mol. The van der Waals surface area contributed by atoms with E-state index in [0.717, 1.165) is 29.2 Å². The third-order valence-corrected chi connectivity index (χ3v) is 5.06. The molecular weight excluding hydrogens is 344 g/mol. The Morgan fingerprint density at radius 2 is 2.11 bits per heavy atom. The summed E-state index contributed by atoms with van der Waals surface area (Å²) in [5.74, 6) is 1.44. The number of fused-ring (bicyclic) bond motifs is 1. The Labute approximate surface area is 159 Å². The molecule has 1 aromatic carbocycles. The van der Waals surface area contributed by atoms with Crippen LogP contribution in [-0.2, 0) is 13.0 Å². The molecular formula is C21H26N2O4. The molecule has 2 aromatic rings. The summed E-state index contributed by atoms with van der Waals surface area (Å²) in [7, 11) is 1.63. The first-order valence-corrected chi connectivity index (χ1v) is 9.23. The molecule has 1 aliphatic heterocycles. The number of carbonyl (C=O) groups excluding carboxylic acids is 1. The van der Waals surface area contributed by atoms with Gasteiger partial charge in [0.05, 0.1) is 13.7 Å². The molecule has 0 radical (unpaired) electrons. The van der Waals surface area contributed by atoms with Crippen LogP contribution < -0.4 is 20.3 Å². The molecule has 1 amide bonds. The van der Waals surface area contributed by atoms with Crippen molar-refractivity contribution in [3.8, 4) is 11.5 Å². The highest BCUT2D eigenvalue weighted by molar-refractivity contribution is 5.95. The highest BCUT2D eigenvalue weighted by Gasteiger charge is 2.23.